The summed E-state index contributed by atoms with van der Waals surface area (Å²) in [5.41, 5.74) is 2.00. The number of hydrogen-bond acceptors (Lipinski definition) is 2. The third-order valence-electron chi connectivity index (χ3n) is 2.50. The van der Waals surface area contributed by atoms with Gasteiger partial charge in [-0.05, 0) is 41.1 Å². The van der Waals surface area contributed by atoms with E-state index in [1.807, 2.05) is 12.1 Å². The number of aromatic amines is 1. The number of nitrogens with zero attached hydrogens (tertiary/aromatic N) is 1. The van der Waals surface area contributed by atoms with Gasteiger partial charge in [0.05, 0.1) is 12.9 Å². The molecule has 2 aromatic rings. The molecule has 16 heavy (non-hydrogen) atoms. The highest BCUT2D eigenvalue weighted by Crippen LogP contribution is 2.26. The molecule has 1 aromatic heterocycles. The van der Waals surface area contributed by atoms with Crippen molar-refractivity contribution in [3.63, 3.8) is 0 Å². The van der Waals surface area contributed by atoms with E-state index in [0.29, 0.717) is 0 Å². The molecule has 0 bridgehead atoms. The number of benzene rings is 1. The molecule has 0 aliphatic heterocycles. The van der Waals surface area contributed by atoms with E-state index in [9.17, 15) is 0 Å². The molecule has 0 saturated carbocycles. The largest absolute Gasteiger partial charge is 0.491 e. The highest BCUT2D eigenvalue weighted by molar-refractivity contribution is 14.1. The molecular formula is C12H15IN2O. The van der Waals surface area contributed by atoms with Crippen molar-refractivity contribution in [2.45, 2.75) is 26.2 Å². The van der Waals surface area contributed by atoms with Crippen LogP contribution < -0.4 is 4.74 Å². The molecule has 0 aliphatic carbocycles. The highest BCUT2D eigenvalue weighted by atomic mass is 127. The van der Waals surface area contributed by atoms with Gasteiger partial charge in [-0.2, -0.15) is 0 Å². The van der Waals surface area contributed by atoms with Crippen LogP contribution in [0.2, 0.25) is 0 Å². The van der Waals surface area contributed by atoms with Crippen molar-refractivity contribution in [2.24, 2.45) is 0 Å². The Morgan fingerprint density at radius 1 is 1.38 bits per heavy atom. The van der Waals surface area contributed by atoms with Crippen molar-refractivity contribution in [3.8, 4) is 5.75 Å². The summed E-state index contributed by atoms with van der Waals surface area (Å²) in [6.07, 6.45) is 5.26. The van der Waals surface area contributed by atoms with Gasteiger partial charge in [0.15, 0.2) is 0 Å². The summed E-state index contributed by atoms with van der Waals surface area (Å²) in [4.78, 5) is 7.41. The van der Waals surface area contributed by atoms with Crippen LogP contribution in [-0.2, 0) is 0 Å². The Labute approximate surface area is 109 Å². The molecule has 3 nitrogen and oxygen atoms in total. The number of unbranched alkanes of at least 4 members (excludes halogenated alkanes) is 2. The third-order valence-corrected chi connectivity index (χ3v) is 3.37. The number of ether oxygens (including phenoxy) is 1. The molecule has 1 heterocycles. The SMILES string of the molecule is CCCCCOc1ccc(I)c2nc[nH]c12. The second-order valence-electron chi connectivity index (χ2n) is 3.73. The monoisotopic (exact) mass is 330 g/mol. The number of imidazole rings is 1. The minimum absolute atomic E-state index is 0.780. The van der Waals surface area contributed by atoms with Crippen LogP contribution in [0.5, 0.6) is 5.75 Å². The molecule has 0 fully saturated rings. The second kappa shape index (κ2) is 5.52. The first-order valence-electron chi connectivity index (χ1n) is 5.57. The Balaban J connectivity index is 2.12. The fourth-order valence-corrected chi connectivity index (χ4v) is 2.22. The number of halogens is 1. The lowest BCUT2D eigenvalue weighted by Crippen LogP contribution is -1.97. The molecule has 0 spiro atoms. The van der Waals surface area contributed by atoms with Crippen molar-refractivity contribution in [1.82, 2.24) is 9.97 Å². The fraction of sp³-hybridized carbons (Fsp3) is 0.417. The maximum Gasteiger partial charge on any atom is 0.145 e. The van der Waals surface area contributed by atoms with Gasteiger partial charge in [-0.15, -0.1) is 0 Å². The van der Waals surface area contributed by atoms with Crippen LogP contribution in [-0.4, -0.2) is 16.6 Å². The normalized spacial score (nSPS) is 10.9. The highest BCUT2D eigenvalue weighted by Gasteiger charge is 2.07. The Kier molecular flexibility index (Phi) is 4.04. The van der Waals surface area contributed by atoms with E-state index < -0.39 is 0 Å². The first-order valence-corrected chi connectivity index (χ1v) is 6.65. The quantitative estimate of drug-likeness (QED) is 0.670. The summed E-state index contributed by atoms with van der Waals surface area (Å²) in [7, 11) is 0. The molecule has 0 atom stereocenters. The van der Waals surface area contributed by atoms with Crippen molar-refractivity contribution in [3.05, 3.63) is 22.0 Å². The van der Waals surface area contributed by atoms with Crippen LogP contribution in [0.1, 0.15) is 26.2 Å². The number of nitrogens with one attached hydrogen (secondary N) is 1. The minimum Gasteiger partial charge on any atom is -0.491 e. The summed E-state index contributed by atoms with van der Waals surface area (Å²) >= 11 is 2.28. The van der Waals surface area contributed by atoms with E-state index >= 15 is 0 Å². The average Bonchev–Trinajstić information content (AvgIpc) is 2.77. The Hall–Kier alpha value is -0.780. The first kappa shape index (κ1) is 11.7. The second-order valence-corrected chi connectivity index (χ2v) is 4.89. The molecule has 1 aromatic carbocycles. The van der Waals surface area contributed by atoms with Gasteiger partial charge in [0.25, 0.3) is 0 Å². The zero-order chi connectivity index (χ0) is 11.4. The predicted octanol–water partition coefficient (Wildman–Crippen LogP) is 3.74. The lowest BCUT2D eigenvalue weighted by Gasteiger charge is -2.06. The molecule has 86 valence electrons. The summed E-state index contributed by atoms with van der Waals surface area (Å²) < 4.78 is 6.91. The van der Waals surface area contributed by atoms with Gasteiger partial charge in [0.1, 0.15) is 16.8 Å². The number of H-pyrrole nitrogens is 1. The minimum atomic E-state index is 0.780. The van der Waals surface area contributed by atoms with Crippen molar-refractivity contribution >= 4 is 33.6 Å². The summed E-state index contributed by atoms with van der Waals surface area (Å²) in [5, 5.41) is 0. The predicted molar refractivity (Wildman–Crippen MR) is 73.8 cm³/mol. The van der Waals surface area contributed by atoms with Crippen LogP contribution in [0.15, 0.2) is 18.5 Å². The molecule has 0 aliphatic rings. The lowest BCUT2D eigenvalue weighted by molar-refractivity contribution is 0.309. The van der Waals surface area contributed by atoms with Crippen molar-refractivity contribution in [1.29, 1.82) is 0 Å². The van der Waals surface area contributed by atoms with Gasteiger partial charge in [-0.1, -0.05) is 19.8 Å². The van der Waals surface area contributed by atoms with E-state index in [4.69, 9.17) is 4.74 Å². The third kappa shape index (κ3) is 2.48. The van der Waals surface area contributed by atoms with Crippen LogP contribution in [0, 0.1) is 3.57 Å². The lowest BCUT2D eigenvalue weighted by atomic mass is 10.2. The van der Waals surface area contributed by atoms with E-state index in [-0.39, 0.29) is 0 Å². The molecule has 0 radical (unpaired) electrons. The van der Waals surface area contributed by atoms with Crippen LogP contribution >= 0.6 is 22.6 Å². The molecule has 0 saturated heterocycles. The zero-order valence-electron chi connectivity index (χ0n) is 9.29. The number of fused-ring (bicyclic) bond motifs is 1. The molecule has 4 heteroatoms. The zero-order valence-corrected chi connectivity index (χ0v) is 11.5. The maximum absolute atomic E-state index is 5.76. The van der Waals surface area contributed by atoms with Crippen LogP contribution in [0.4, 0.5) is 0 Å². The standard InChI is InChI=1S/C12H15IN2O/c1-2-3-4-7-16-10-6-5-9(13)11-12(10)15-8-14-11/h5-6,8H,2-4,7H2,1H3,(H,14,15). The first-order chi connectivity index (χ1) is 7.83. The molecule has 2 rings (SSSR count). The summed E-state index contributed by atoms with van der Waals surface area (Å²) in [6, 6.07) is 4.05. The molecule has 1 N–H and O–H groups in total. The van der Waals surface area contributed by atoms with E-state index in [1.54, 1.807) is 6.33 Å². The summed E-state index contributed by atoms with van der Waals surface area (Å²) in [6.45, 7) is 2.97. The fourth-order valence-electron chi connectivity index (χ4n) is 1.63. The smallest absolute Gasteiger partial charge is 0.145 e. The van der Waals surface area contributed by atoms with Crippen molar-refractivity contribution in [2.75, 3.05) is 6.61 Å². The van der Waals surface area contributed by atoms with E-state index in [0.717, 1.165) is 33.4 Å². The molecular weight excluding hydrogens is 315 g/mol. The van der Waals surface area contributed by atoms with Crippen molar-refractivity contribution < 1.29 is 4.74 Å². The van der Waals surface area contributed by atoms with E-state index in [1.165, 1.54) is 12.8 Å². The van der Waals surface area contributed by atoms with Gasteiger partial charge in [0, 0.05) is 3.57 Å². The van der Waals surface area contributed by atoms with E-state index in [2.05, 4.69) is 39.5 Å². The molecule has 0 amide bonds. The van der Waals surface area contributed by atoms with Crippen LogP contribution in [0.3, 0.4) is 0 Å². The van der Waals surface area contributed by atoms with Crippen LogP contribution in [0.25, 0.3) is 11.0 Å². The Bertz CT molecular complexity index is 467. The van der Waals surface area contributed by atoms with Gasteiger partial charge < -0.3 is 9.72 Å². The van der Waals surface area contributed by atoms with Gasteiger partial charge in [-0.3, -0.25) is 0 Å². The van der Waals surface area contributed by atoms with Gasteiger partial charge in [-0.25, -0.2) is 4.98 Å². The number of aromatic nitrogens is 2. The van der Waals surface area contributed by atoms with Gasteiger partial charge in [0.2, 0.25) is 0 Å². The summed E-state index contributed by atoms with van der Waals surface area (Å²) in [5.74, 6) is 0.906. The topological polar surface area (TPSA) is 37.9 Å². The number of hydrogen-bond donors (Lipinski definition) is 1. The average molecular weight is 330 g/mol. The Morgan fingerprint density at radius 3 is 3.06 bits per heavy atom. The Morgan fingerprint density at radius 2 is 2.25 bits per heavy atom. The maximum atomic E-state index is 5.76. The molecule has 0 unspecified atom stereocenters. The number of rotatable bonds is 5. The van der Waals surface area contributed by atoms with Gasteiger partial charge >= 0.3 is 0 Å².